The van der Waals surface area contributed by atoms with Crippen molar-refractivity contribution in [3.8, 4) is 23.0 Å². The first-order chi connectivity index (χ1) is 14.8. The lowest BCUT2D eigenvalue weighted by Crippen LogP contribution is -2.60. The molecule has 2 aliphatic heterocycles. The van der Waals surface area contributed by atoms with Crippen molar-refractivity contribution in [2.75, 3.05) is 6.61 Å². The summed E-state index contributed by atoms with van der Waals surface area (Å²) in [5.41, 5.74) is 0.824. The predicted molar refractivity (Wildman–Crippen MR) is 103 cm³/mol. The molecule has 10 heteroatoms. The molecule has 6 atom stereocenters. The zero-order valence-corrected chi connectivity index (χ0v) is 16.2. The second-order valence-corrected chi connectivity index (χ2v) is 7.46. The number of carbonyl (C=O) groups excluding carboxylic acids is 1. The maximum absolute atomic E-state index is 12.5. The molecule has 0 saturated carbocycles. The van der Waals surface area contributed by atoms with Crippen LogP contribution in [0.2, 0.25) is 0 Å². The van der Waals surface area contributed by atoms with Crippen LogP contribution in [0.3, 0.4) is 0 Å². The third kappa shape index (κ3) is 4.03. The normalized spacial score (nSPS) is 30.4. The van der Waals surface area contributed by atoms with Crippen molar-refractivity contribution in [3.63, 3.8) is 0 Å². The van der Waals surface area contributed by atoms with Crippen molar-refractivity contribution in [2.45, 2.75) is 43.2 Å². The van der Waals surface area contributed by atoms with Gasteiger partial charge in [0.15, 0.2) is 17.3 Å². The lowest BCUT2D eigenvalue weighted by molar-refractivity contribution is -0.277. The van der Waals surface area contributed by atoms with Gasteiger partial charge in [-0.1, -0.05) is 6.07 Å². The number of hydrogen-bond acceptors (Lipinski definition) is 10. The summed E-state index contributed by atoms with van der Waals surface area (Å²) in [5.74, 6) is -0.438. The molecule has 0 spiro atoms. The fraction of sp³-hybridized carbons (Fsp3) is 0.381. The fourth-order valence-electron chi connectivity index (χ4n) is 3.61. The van der Waals surface area contributed by atoms with Gasteiger partial charge in [0.2, 0.25) is 6.29 Å². The van der Waals surface area contributed by atoms with Gasteiger partial charge in [-0.3, -0.25) is 4.79 Å². The molecule has 166 valence electrons. The smallest absolute Gasteiger partial charge is 0.229 e. The Hall–Kier alpha value is -2.89. The van der Waals surface area contributed by atoms with Crippen molar-refractivity contribution >= 4 is 5.78 Å². The summed E-state index contributed by atoms with van der Waals surface area (Å²) >= 11 is 0. The van der Waals surface area contributed by atoms with Crippen LogP contribution in [0, 0.1) is 0 Å². The molecule has 6 unspecified atom stereocenters. The van der Waals surface area contributed by atoms with Crippen LogP contribution < -0.4 is 9.47 Å². The fourth-order valence-corrected chi connectivity index (χ4v) is 3.61. The van der Waals surface area contributed by atoms with Crippen molar-refractivity contribution < 1.29 is 49.6 Å². The largest absolute Gasteiger partial charge is 0.508 e. The van der Waals surface area contributed by atoms with Crippen LogP contribution in [-0.2, 0) is 4.74 Å². The summed E-state index contributed by atoms with van der Waals surface area (Å²) in [6.45, 7) is -0.624. The zero-order valence-electron chi connectivity index (χ0n) is 16.2. The zero-order chi connectivity index (χ0) is 22.3. The van der Waals surface area contributed by atoms with Crippen LogP contribution in [-0.4, -0.2) is 73.7 Å². The molecule has 2 heterocycles. The van der Waals surface area contributed by atoms with Crippen LogP contribution in [0.5, 0.6) is 23.0 Å². The van der Waals surface area contributed by atoms with E-state index in [0.29, 0.717) is 11.1 Å². The Labute approximate surface area is 176 Å². The number of ketones is 1. The van der Waals surface area contributed by atoms with Crippen LogP contribution in [0.25, 0.3) is 0 Å². The molecular weight excluding hydrogens is 412 g/mol. The van der Waals surface area contributed by atoms with E-state index in [1.165, 1.54) is 36.4 Å². The molecule has 10 nitrogen and oxygen atoms in total. The highest BCUT2D eigenvalue weighted by atomic mass is 16.7. The SMILES string of the molecule is O=C1CC(c2ccc(O)c(OC3OC(CO)C(O)C(O)C3O)c2)Oc2cc(O)ccc21. The topological polar surface area (TPSA) is 166 Å². The minimum Gasteiger partial charge on any atom is -0.508 e. The average molecular weight is 434 g/mol. The number of aliphatic hydroxyl groups excluding tert-OH is 4. The van der Waals surface area contributed by atoms with Crippen LogP contribution >= 0.6 is 0 Å². The van der Waals surface area contributed by atoms with E-state index in [1.807, 2.05) is 0 Å². The van der Waals surface area contributed by atoms with E-state index in [2.05, 4.69) is 0 Å². The van der Waals surface area contributed by atoms with Gasteiger partial charge in [0.05, 0.1) is 18.6 Å². The Balaban J connectivity index is 1.57. The summed E-state index contributed by atoms with van der Waals surface area (Å²) in [6.07, 6.45) is -8.19. The number of aromatic hydroxyl groups is 2. The number of phenols is 2. The van der Waals surface area contributed by atoms with Gasteiger partial charge in [0.25, 0.3) is 0 Å². The second-order valence-electron chi connectivity index (χ2n) is 7.46. The molecule has 31 heavy (non-hydrogen) atoms. The number of Topliss-reactive ketones (excluding diaryl/α,β-unsaturated/α-hetero) is 1. The van der Waals surface area contributed by atoms with Crippen molar-refractivity contribution in [1.29, 1.82) is 0 Å². The Morgan fingerprint density at radius 2 is 1.77 bits per heavy atom. The van der Waals surface area contributed by atoms with Crippen LogP contribution in [0.1, 0.15) is 28.4 Å². The van der Waals surface area contributed by atoms with Gasteiger partial charge in [0.1, 0.15) is 42.0 Å². The van der Waals surface area contributed by atoms with E-state index < -0.39 is 43.4 Å². The van der Waals surface area contributed by atoms with Crippen molar-refractivity contribution in [3.05, 3.63) is 47.5 Å². The predicted octanol–water partition coefficient (Wildman–Crippen LogP) is -0.0170. The minimum atomic E-state index is -1.65. The lowest BCUT2D eigenvalue weighted by atomic mass is 9.96. The van der Waals surface area contributed by atoms with Gasteiger partial charge in [-0.15, -0.1) is 0 Å². The van der Waals surface area contributed by atoms with Gasteiger partial charge in [0, 0.05) is 6.07 Å². The highest BCUT2D eigenvalue weighted by Crippen LogP contribution is 2.39. The standard InChI is InChI=1S/C21H22O10/c22-8-17-18(26)19(27)20(28)21(31-17)30-16-5-9(1-4-12(16)24)14-7-13(25)11-3-2-10(23)6-15(11)29-14/h1-6,14,17-24,26-28H,7-8H2. The Bertz CT molecular complexity index is 975. The first-order valence-corrected chi connectivity index (χ1v) is 9.61. The van der Waals surface area contributed by atoms with E-state index in [-0.39, 0.29) is 35.2 Å². The highest BCUT2D eigenvalue weighted by Gasteiger charge is 2.45. The quantitative estimate of drug-likeness (QED) is 0.385. The molecule has 2 aliphatic rings. The number of benzene rings is 2. The van der Waals surface area contributed by atoms with Gasteiger partial charge in [-0.2, -0.15) is 0 Å². The number of phenolic OH excluding ortho intramolecular Hbond substituents is 2. The van der Waals surface area contributed by atoms with E-state index in [1.54, 1.807) is 0 Å². The van der Waals surface area contributed by atoms with Crippen LogP contribution in [0.4, 0.5) is 0 Å². The first-order valence-electron chi connectivity index (χ1n) is 9.61. The monoisotopic (exact) mass is 434 g/mol. The molecule has 0 radical (unpaired) electrons. The van der Waals surface area contributed by atoms with Gasteiger partial charge in [-0.25, -0.2) is 0 Å². The number of rotatable bonds is 4. The molecule has 0 bridgehead atoms. The van der Waals surface area contributed by atoms with E-state index in [0.717, 1.165) is 0 Å². The second kappa shape index (κ2) is 8.33. The molecule has 4 rings (SSSR count). The highest BCUT2D eigenvalue weighted by molar-refractivity contribution is 6.00. The third-order valence-electron chi connectivity index (χ3n) is 5.35. The molecule has 2 aromatic rings. The van der Waals surface area contributed by atoms with Gasteiger partial charge >= 0.3 is 0 Å². The molecule has 0 aliphatic carbocycles. The average Bonchev–Trinajstić information content (AvgIpc) is 2.75. The molecule has 0 amide bonds. The molecule has 6 N–H and O–H groups in total. The summed E-state index contributed by atoms with van der Waals surface area (Å²) in [4.78, 5) is 12.5. The Kier molecular flexibility index (Phi) is 5.73. The summed E-state index contributed by atoms with van der Waals surface area (Å²) < 4.78 is 16.6. The maximum atomic E-state index is 12.5. The van der Waals surface area contributed by atoms with Gasteiger partial charge in [-0.05, 0) is 29.8 Å². The molecule has 1 fully saturated rings. The lowest BCUT2D eigenvalue weighted by Gasteiger charge is -2.39. The van der Waals surface area contributed by atoms with Crippen LogP contribution in [0.15, 0.2) is 36.4 Å². The molecular formula is C21H22O10. The number of ether oxygens (including phenoxy) is 3. The summed E-state index contributed by atoms with van der Waals surface area (Å²) in [7, 11) is 0. The maximum Gasteiger partial charge on any atom is 0.229 e. The molecule has 0 aromatic heterocycles. The number of aliphatic hydroxyl groups is 4. The van der Waals surface area contributed by atoms with E-state index in [9.17, 15) is 35.4 Å². The van der Waals surface area contributed by atoms with Gasteiger partial charge < -0.3 is 44.8 Å². The number of fused-ring (bicyclic) bond motifs is 1. The van der Waals surface area contributed by atoms with E-state index in [4.69, 9.17) is 14.2 Å². The molecule has 1 saturated heterocycles. The number of carbonyl (C=O) groups is 1. The Morgan fingerprint density at radius 1 is 1.00 bits per heavy atom. The summed E-state index contributed by atoms with van der Waals surface area (Å²) in [5, 5.41) is 59.1. The number of hydrogen-bond donors (Lipinski definition) is 6. The summed E-state index contributed by atoms with van der Waals surface area (Å²) in [6, 6.07) is 8.44. The molecule has 2 aromatic carbocycles. The van der Waals surface area contributed by atoms with Crippen molar-refractivity contribution in [1.82, 2.24) is 0 Å². The minimum absolute atomic E-state index is 0.0159. The van der Waals surface area contributed by atoms with Crippen molar-refractivity contribution in [2.24, 2.45) is 0 Å². The van der Waals surface area contributed by atoms with E-state index >= 15 is 0 Å². The Morgan fingerprint density at radius 3 is 2.52 bits per heavy atom. The first kappa shape index (κ1) is 21.3. The third-order valence-corrected chi connectivity index (χ3v) is 5.35.